The average molecular weight is 408 g/mol. The third kappa shape index (κ3) is 4.81. The Morgan fingerprint density at radius 2 is 2.19 bits per heavy atom. The van der Waals surface area contributed by atoms with Crippen LogP contribution in [-0.4, -0.2) is 34.8 Å². The largest absolute Gasteiger partial charge is 0.342 e. The number of hydrogen-bond donors (Lipinski definition) is 1. The molecule has 0 bridgehead atoms. The number of urea groups is 1. The van der Waals surface area contributed by atoms with Crippen molar-refractivity contribution in [3.8, 4) is 0 Å². The van der Waals surface area contributed by atoms with Crippen LogP contribution in [0.1, 0.15) is 24.5 Å². The van der Waals surface area contributed by atoms with Gasteiger partial charge in [0.15, 0.2) is 0 Å². The lowest BCUT2D eigenvalue weighted by molar-refractivity contribution is 0.215. The average Bonchev–Trinajstić information content (AvgIpc) is 3.22. The number of rotatable bonds is 6. The van der Waals surface area contributed by atoms with E-state index in [9.17, 15) is 4.79 Å². The highest BCUT2D eigenvalue weighted by Gasteiger charge is 2.31. The minimum Gasteiger partial charge on any atom is -0.298 e. The highest BCUT2D eigenvalue weighted by Crippen LogP contribution is 2.26. The van der Waals surface area contributed by atoms with Crippen LogP contribution in [0.25, 0.3) is 0 Å². The first-order valence-corrected chi connectivity index (χ1v) is 11.0. The zero-order valence-corrected chi connectivity index (χ0v) is 17.3. The number of thioether (sulfide) groups is 1. The third-order valence-electron chi connectivity index (χ3n) is 4.16. The molecule has 7 heteroatoms. The van der Waals surface area contributed by atoms with Gasteiger partial charge in [-0.2, -0.15) is 16.9 Å². The maximum absolute atomic E-state index is 12.6. The van der Waals surface area contributed by atoms with Gasteiger partial charge in [-0.3, -0.25) is 5.32 Å². The van der Waals surface area contributed by atoms with Crippen LogP contribution in [0.3, 0.4) is 0 Å². The van der Waals surface area contributed by atoms with Crippen LogP contribution in [0.5, 0.6) is 0 Å². The lowest BCUT2D eigenvalue weighted by Gasteiger charge is -2.15. The van der Waals surface area contributed by atoms with Crippen molar-refractivity contribution < 1.29 is 4.79 Å². The van der Waals surface area contributed by atoms with E-state index in [0.717, 1.165) is 39.8 Å². The van der Waals surface area contributed by atoms with Crippen molar-refractivity contribution in [2.24, 2.45) is 11.0 Å². The molecule has 26 heavy (non-hydrogen) atoms. The Labute approximate surface area is 167 Å². The first-order valence-electron chi connectivity index (χ1n) is 8.62. The van der Waals surface area contributed by atoms with Crippen molar-refractivity contribution in [1.82, 2.24) is 5.01 Å². The first kappa shape index (κ1) is 19.3. The van der Waals surface area contributed by atoms with E-state index < -0.39 is 0 Å². The van der Waals surface area contributed by atoms with Crippen LogP contribution in [0.15, 0.2) is 40.8 Å². The van der Waals surface area contributed by atoms with Gasteiger partial charge >= 0.3 is 6.03 Å². The van der Waals surface area contributed by atoms with Crippen LogP contribution >= 0.6 is 34.7 Å². The Kier molecular flexibility index (Phi) is 6.62. The van der Waals surface area contributed by atoms with Gasteiger partial charge in [-0.25, -0.2) is 9.80 Å². The van der Waals surface area contributed by atoms with Gasteiger partial charge in [0.2, 0.25) is 0 Å². The summed E-state index contributed by atoms with van der Waals surface area (Å²) in [5.41, 5.74) is 3.14. The van der Waals surface area contributed by atoms with Gasteiger partial charge < -0.3 is 0 Å². The molecule has 1 aromatic carbocycles. The molecule has 0 fully saturated rings. The van der Waals surface area contributed by atoms with Crippen molar-refractivity contribution >= 4 is 51.4 Å². The molecule has 1 atom stereocenters. The fraction of sp³-hybridized carbons (Fsp3) is 0.368. The van der Waals surface area contributed by atoms with E-state index in [1.807, 2.05) is 54.4 Å². The lowest BCUT2D eigenvalue weighted by Crippen LogP contribution is -2.30. The van der Waals surface area contributed by atoms with Crippen LogP contribution in [-0.2, 0) is 0 Å². The van der Waals surface area contributed by atoms with Crippen molar-refractivity contribution in [3.05, 3.63) is 51.9 Å². The summed E-state index contributed by atoms with van der Waals surface area (Å²) in [6.07, 6.45) is 1.00. The maximum atomic E-state index is 12.6. The van der Waals surface area contributed by atoms with E-state index in [1.54, 1.807) is 5.01 Å². The molecule has 4 nitrogen and oxygen atoms in total. The summed E-state index contributed by atoms with van der Waals surface area (Å²) in [5, 5.41) is 12.7. The van der Waals surface area contributed by atoms with Crippen LogP contribution in [0.2, 0.25) is 5.02 Å². The normalized spacial score (nSPS) is 16.7. The number of aryl methyl sites for hydroxylation is 1. The Balaban J connectivity index is 1.76. The molecule has 2 amide bonds. The second-order valence-electron chi connectivity index (χ2n) is 6.18. The number of benzene rings is 1. The molecule has 1 unspecified atom stereocenters. The molecule has 2 aromatic rings. The van der Waals surface area contributed by atoms with Crippen molar-refractivity contribution in [2.45, 2.75) is 20.3 Å². The summed E-state index contributed by atoms with van der Waals surface area (Å²) in [7, 11) is 0. The molecule has 3 rings (SSSR count). The van der Waals surface area contributed by atoms with E-state index in [1.165, 1.54) is 11.3 Å². The highest BCUT2D eigenvalue weighted by molar-refractivity contribution is 7.99. The number of carbonyl (C=O) groups excluding carboxylic acids is 1. The number of thiophene rings is 1. The number of carbonyl (C=O) groups is 1. The minimum atomic E-state index is -0.177. The zero-order valence-electron chi connectivity index (χ0n) is 14.9. The number of nitrogens with zero attached hydrogens (tertiary/aromatic N) is 2. The topological polar surface area (TPSA) is 44.7 Å². The fourth-order valence-electron chi connectivity index (χ4n) is 2.85. The second-order valence-corrected chi connectivity index (χ2v) is 8.92. The molecular formula is C19H22ClN3OS2. The summed E-state index contributed by atoms with van der Waals surface area (Å²) in [4.78, 5) is 12.6. The van der Waals surface area contributed by atoms with Crippen molar-refractivity contribution in [2.75, 3.05) is 23.4 Å². The second kappa shape index (κ2) is 8.93. The molecular weight excluding hydrogens is 386 g/mol. The van der Waals surface area contributed by atoms with Crippen LogP contribution in [0, 0.1) is 12.8 Å². The van der Waals surface area contributed by atoms with Crippen molar-refractivity contribution in [1.29, 1.82) is 0 Å². The monoisotopic (exact) mass is 407 g/mol. The number of anilines is 1. The number of halogens is 1. The predicted molar refractivity (Wildman–Crippen MR) is 114 cm³/mol. The summed E-state index contributed by atoms with van der Waals surface area (Å²) in [6, 6.07) is 9.49. The molecule has 0 spiro atoms. The van der Waals surface area contributed by atoms with E-state index in [2.05, 4.69) is 17.3 Å². The number of hydrogen-bond acceptors (Lipinski definition) is 4. The Morgan fingerprint density at radius 3 is 2.85 bits per heavy atom. The molecule has 0 aliphatic carbocycles. The van der Waals surface area contributed by atoms with Gasteiger partial charge in [-0.1, -0.05) is 30.7 Å². The molecule has 1 aliphatic rings. The molecule has 2 heterocycles. The number of hydrazone groups is 1. The summed E-state index contributed by atoms with van der Waals surface area (Å²) < 4.78 is 0. The Hall–Kier alpha value is -1.50. The molecule has 1 aromatic heterocycles. The van der Waals surface area contributed by atoms with Crippen molar-refractivity contribution in [3.63, 3.8) is 0 Å². The summed E-state index contributed by atoms with van der Waals surface area (Å²) in [6.45, 7) is 4.79. The molecule has 1 N–H and O–H groups in total. The predicted octanol–water partition coefficient (Wildman–Crippen LogP) is 5.72. The molecule has 0 radical (unpaired) electrons. The molecule has 0 saturated carbocycles. The van der Waals surface area contributed by atoms with Gasteiger partial charge in [0.05, 0.1) is 17.3 Å². The van der Waals surface area contributed by atoms with E-state index in [0.29, 0.717) is 11.6 Å². The fourth-order valence-corrected chi connectivity index (χ4v) is 4.50. The standard InChI is InChI=1S/C19H22ClN3OS2/c1-3-25-9-8-15-11-23(19(24)21-17-10-13(2)12-26-17)22-18(15)14-4-6-16(20)7-5-14/h4-7,10,12,15H,3,8-9,11H2,1-2H3,(H,21,24). The Bertz CT molecular complexity index is 788. The highest BCUT2D eigenvalue weighted by atomic mass is 35.5. The van der Waals surface area contributed by atoms with E-state index in [4.69, 9.17) is 11.6 Å². The van der Waals surface area contributed by atoms with Gasteiger partial charge in [-0.05, 0) is 59.6 Å². The van der Waals surface area contributed by atoms with Crippen LogP contribution < -0.4 is 5.32 Å². The van der Waals surface area contributed by atoms with Gasteiger partial charge in [-0.15, -0.1) is 11.3 Å². The van der Waals surface area contributed by atoms with Crippen LogP contribution in [0.4, 0.5) is 9.80 Å². The van der Waals surface area contributed by atoms with Gasteiger partial charge in [0, 0.05) is 10.9 Å². The van der Waals surface area contributed by atoms with Gasteiger partial charge in [0.1, 0.15) is 0 Å². The maximum Gasteiger partial charge on any atom is 0.342 e. The van der Waals surface area contributed by atoms with E-state index in [-0.39, 0.29) is 11.9 Å². The van der Waals surface area contributed by atoms with E-state index >= 15 is 0 Å². The first-order chi connectivity index (χ1) is 12.6. The summed E-state index contributed by atoms with van der Waals surface area (Å²) in [5.74, 6) is 2.40. The summed E-state index contributed by atoms with van der Waals surface area (Å²) >= 11 is 9.46. The zero-order chi connectivity index (χ0) is 18.5. The van der Waals surface area contributed by atoms with Gasteiger partial charge in [0.25, 0.3) is 0 Å². The smallest absolute Gasteiger partial charge is 0.298 e. The third-order valence-corrected chi connectivity index (χ3v) is 6.31. The lowest BCUT2D eigenvalue weighted by atomic mass is 9.95. The number of amides is 2. The molecule has 0 saturated heterocycles. The SMILES string of the molecule is CCSCCC1CN(C(=O)Nc2cc(C)cs2)N=C1c1ccc(Cl)cc1. The molecule has 1 aliphatic heterocycles. The number of nitrogens with one attached hydrogen (secondary N) is 1. The Morgan fingerprint density at radius 1 is 1.42 bits per heavy atom. The minimum absolute atomic E-state index is 0.177. The quantitative estimate of drug-likeness (QED) is 0.622. The molecule has 138 valence electrons.